The highest BCUT2D eigenvalue weighted by Gasteiger charge is 2.04. The van der Waals surface area contributed by atoms with E-state index in [1.54, 1.807) is 7.11 Å². The van der Waals surface area contributed by atoms with Crippen molar-refractivity contribution in [1.82, 2.24) is 9.97 Å². The van der Waals surface area contributed by atoms with Gasteiger partial charge in [-0.15, -0.1) is 0 Å². The summed E-state index contributed by atoms with van der Waals surface area (Å²) in [6.07, 6.45) is 0.923. The van der Waals surface area contributed by atoms with Gasteiger partial charge < -0.3 is 4.74 Å². The molecule has 2 rings (SSSR count). The van der Waals surface area contributed by atoms with Crippen molar-refractivity contribution in [3.63, 3.8) is 0 Å². The summed E-state index contributed by atoms with van der Waals surface area (Å²) in [7, 11) is 1.66. The molecule has 0 aliphatic heterocycles. The average molecular weight is 202 g/mol. The van der Waals surface area contributed by atoms with E-state index in [2.05, 4.69) is 16.9 Å². The van der Waals surface area contributed by atoms with E-state index in [9.17, 15) is 0 Å². The van der Waals surface area contributed by atoms with Crippen LogP contribution in [0.5, 0.6) is 5.75 Å². The Kier molecular flexibility index (Phi) is 2.54. The Morgan fingerprint density at radius 3 is 2.73 bits per heavy atom. The third-order valence-corrected chi connectivity index (χ3v) is 2.43. The number of aromatic nitrogens is 2. The summed E-state index contributed by atoms with van der Waals surface area (Å²) in [4.78, 5) is 8.83. The molecule has 0 saturated heterocycles. The molecule has 0 N–H and O–H groups in total. The van der Waals surface area contributed by atoms with Crippen LogP contribution >= 0.6 is 0 Å². The van der Waals surface area contributed by atoms with Gasteiger partial charge in [0.25, 0.3) is 0 Å². The van der Waals surface area contributed by atoms with Crippen LogP contribution in [0.1, 0.15) is 18.4 Å². The van der Waals surface area contributed by atoms with Crippen LogP contribution in [-0.4, -0.2) is 17.1 Å². The van der Waals surface area contributed by atoms with Crippen LogP contribution < -0.4 is 4.74 Å². The number of hydrogen-bond donors (Lipinski definition) is 0. The van der Waals surface area contributed by atoms with E-state index < -0.39 is 0 Å². The highest BCUT2D eigenvalue weighted by Crippen LogP contribution is 2.21. The van der Waals surface area contributed by atoms with Crippen LogP contribution in [0.3, 0.4) is 0 Å². The summed E-state index contributed by atoms with van der Waals surface area (Å²) in [6, 6.07) is 5.91. The fourth-order valence-corrected chi connectivity index (χ4v) is 1.70. The second kappa shape index (κ2) is 3.85. The summed E-state index contributed by atoms with van der Waals surface area (Å²) in [6.45, 7) is 4.02. The number of methoxy groups -OCH3 is 1. The molecule has 1 heterocycles. The van der Waals surface area contributed by atoms with Crippen LogP contribution in [0.15, 0.2) is 18.2 Å². The highest BCUT2D eigenvalue weighted by atomic mass is 16.5. The van der Waals surface area contributed by atoms with Crippen LogP contribution in [0.2, 0.25) is 0 Å². The molecule has 3 heteroatoms. The number of ether oxygens (including phenoxy) is 1. The highest BCUT2D eigenvalue weighted by molar-refractivity contribution is 5.82. The first-order valence-electron chi connectivity index (χ1n) is 5.06. The van der Waals surface area contributed by atoms with Crippen LogP contribution in [0.4, 0.5) is 0 Å². The lowest BCUT2D eigenvalue weighted by Gasteiger charge is -2.06. The van der Waals surface area contributed by atoms with Crippen molar-refractivity contribution in [2.24, 2.45) is 0 Å². The van der Waals surface area contributed by atoms with Crippen molar-refractivity contribution >= 4 is 10.9 Å². The van der Waals surface area contributed by atoms with Crippen LogP contribution in [0, 0.1) is 6.92 Å². The number of benzene rings is 1. The predicted octanol–water partition coefficient (Wildman–Crippen LogP) is 2.51. The van der Waals surface area contributed by atoms with E-state index in [0.29, 0.717) is 0 Å². The molecule has 78 valence electrons. The molecule has 0 unspecified atom stereocenters. The van der Waals surface area contributed by atoms with Gasteiger partial charge in [0, 0.05) is 11.5 Å². The molecule has 0 atom stereocenters. The van der Waals surface area contributed by atoms with E-state index in [4.69, 9.17) is 4.74 Å². The zero-order valence-corrected chi connectivity index (χ0v) is 9.24. The van der Waals surface area contributed by atoms with Gasteiger partial charge in [0.15, 0.2) is 0 Å². The molecule has 1 aromatic carbocycles. The lowest BCUT2D eigenvalue weighted by atomic mass is 10.1. The molecule has 1 aromatic heterocycles. The molecule has 3 nitrogen and oxygen atoms in total. The molecule has 0 spiro atoms. The standard InChI is InChI=1S/C12H14N2O/c1-4-11-10-6-5-9(15-3)7-12(10)14-8(2)13-11/h5-7H,4H2,1-3H3. The Morgan fingerprint density at radius 1 is 1.27 bits per heavy atom. The van der Waals surface area contributed by atoms with Gasteiger partial charge in [-0.3, -0.25) is 0 Å². The second-order valence-corrected chi connectivity index (χ2v) is 3.45. The van der Waals surface area contributed by atoms with E-state index in [0.717, 1.165) is 34.6 Å². The monoisotopic (exact) mass is 202 g/mol. The average Bonchev–Trinajstić information content (AvgIpc) is 2.26. The third-order valence-electron chi connectivity index (χ3n) is 2.43. The Morgan fingerprint density at radius 2 is 2.07 bits per heavy atom. The molecular weight excluding hydrogens is 188 g/mol. The number of aryl methyl sites for hydroxylation is 2. The molecule has 0 aliphatic rings. The zero-order chi connectivity index (χ0) is 10.8. The number of rotatable bonds is 2. The summed E-state index contributed by atoms with van der Waals surface area (Å²) in [5, 5.41) is 1.11. The Hall–Kier alpha value is -1.64. The molecule has 0 saturated carbocycles. The molecule has 2 aromatic rings. The van der Waals surface area contributed by atoms with E-state index >= 15 is 0 Å². The van der Waals surface area contributed by atoms with Crippen molar-refractivity contribution in [3.8, 4) is 5.75 Å². The van der Waals surface area contributed by atoms with Gasteiger partial charge in [0.05, 0.1) is 18.3 Å². The van der Waals surface area contributed by atoms with Crippen molar-refractivity contribution in [3.05, 3.63) is 29.7 Å². The van der Waals surface area contributed by atoms with Crippen molar-refractivity contribution in [2.45, 2.75) is 20.3 Å². The van der Waals surface area contributed by atoms with Crippen LogP contribution in [0.25, 0.3) is 10.9 Å². The maximum Gasteiger partial charge on any atom is 0.126 e. The molecule has 0 aliphatic carbocycles. The van der Waals surface area contributed by atoms with Gasteiger partial charge in [-0.1, -0.05) is 6.92 Å². The summed E-state index contributed by atoms with van der Waals surface area (Å²) >= 11 is 0. The molecule has 0 radical (unpaired) electrons. The van der Waals surface area contributed by atoms with Gasteiger partial charge in [-0.2, -0.15) is 0 Å². The topological polar surface area (TPSA) is 35.0 Å². The second-order valence-electron chi connectivity index (χ2n) is 3.45. The zero-order valence-electron chi connectivity index (χ0n) is 9.24. The summed E-state index contributed by atoms with van der Waals surface area (Å²) < 4.78 is 5.18. The first kappa shape index (κ1) is 9.90. The lowest BCUT2D eigenvalue weighted by Crippen LogP contribution is -1.96. The van der Waals surface area contributed by atoms with E-state index in [1.807, 2.05) is 25.1 Å². The number of fused-ring (bicyclic) bond motifs is 1. The molecule has 15 heavy (non-hydrogen) atoms. The fourth-order valence-electron chi connectivity index (χ4n) is 1.70. The molecule has 0 fully saturated rings. The Bertz CT molecular complexity index is 494. The maximum absolute atomic E-state index is 5.18. The Labute approximate surface area is 89.1 Å². The number of hydrogen-bond acceptors (Lipinski definition) is 3. The minimum absolute atomic E-state index is 0.813. The van der Waals surface area contributed by atoms with Crippen molar-refractivity contribution < 1.29 is 4.74 Å². The van der Waals surface area contributed by atoms with Crippen molar-refractivity contribution in [1.29, 1.82) is 0 Å². The fraction of sp³-hybridized carbons (Fsp3) is 0.333. The van der Waals surface area contributed by atoms with Gasteiger partial charge in [-0.25, -0.2) is 9.97 Å². The first-order chi connectivity index (χ1) is 7.24. The van der Waals surface area contributed by atoms with Gasteiger partial charge in [0.1, 0.15) is 11.6 Å². The molecule has 0 amide bonds. The third kappa shape index (κ3) is 1.77. The normalized spacial score (nSPS) is 10.6. The molecular formula is C12H14N2O. The maximum atomic E-state index is 5.18. The first-order valence-corrected chi connectivity index (χ1v) is 5.06. The summed E-state index contributed by atoms with van der Waals surface area (Å²) in [5.74, 6) is 1.65. The molecule has 0 bridgehead atoms. The van der Waals surface area contributed by atoms with E-state index in [1.165, 1.54) is 0 Å². The predicted molar refractivity (Wildman–Crippen MR) is 60.2 cm³/mol. The SMILES string of the molecule is CCc1nc(C)nc2cc(OC)ccc12. The lowest BCUT2D eigenvalue weighted by molar-refractivity contribution is 0.415. The van der Waals surface area contributed by atoms with Gasteiger partial charge >= 0.3 is 0 Å². The van der Waals surface area contributed by atoms with Crippen LogP contribution in [-0.2, 0) is 6.42 Å². The quantitative estimate of drug-likeness (QED) is 0.750. The van der Waals surface area contributed by atoms with Gasteiger partial charge in [-0.05, 0) is 25.5 Å². The number of nitrogens with zero attached hydrogens (tertiary/aromatic N) is 2. The Balaban J connectivity index is 2.72. The summed E-state index contributed by atoms with van der Waals surface area (Å²) in [5.41, 5.74) is 2.05. The van der Waals surface area contributed by atoms with E-state index in [-0.39, 0.29) is 0 Å². The smallest absolute Gasteiger partial charge is 0.126 e. The van der Waals surface area contributed by atoms with Gasteiger partial charge in [0.2, 0.25) is 0 Å². The van der Waals surface area contributed by atoms with Crippen molar-refractivity contribution in [2.75, 3.05) is 7.11 Å². The minimum Gasteiger partial charge on any atom is -0.497 e. The minimum atomic E-state index is 0.813. The largest absolute Gasteiger partial charge is 0.497 e.